The van der Waals surface area contributed by atoms with Crippen LogP contribution in [0.4, 0.5) is 0 Å². The number of nitrogens with one attached hydrogen (secondary N) is 1. The van der Waals surface area contributed by atoms with E-state index in [0.29, 0.717) is 12.1 Å². The van der Waals surface area contributed by atoms with Crippen molar-refractivity contribution in [2.75, 3.05) is 0 Å². The van der Waals surface area contributed by atoms with E-state index >= 15 is 0 Å². The maximum absolute atomic E-state index is 6.58. The summed E-state index contributed by atoms with van der Waals surface area (Å²) < 4.78 is 0. The topological polar surface area (TPSA) is 37.9 Å². The van der Waals surface area contributed by atoms with Crippen molar-refractivity contribution in [2.45, 2.75) is 59.7 Å². The van der Waals surface area contributed by atoms with Crippen molar-refractivity contribution < 1.29 is 37.7 Å². The monoisotopic (exact) mass is 172 g/mol. The van der Waals surface area contributed by atoms with Gasteiger partial charge in [-0.15, -0.1) is 18.1 Å². The van der Waals surface area contributed by atoms with E-state index < -0.39 is 0 Å². The van der Waals surface area contributed by atoms with Crippen molar-refractivity contribution in [2.24, 2.45) is 0 Å². The van der Waals surface area contributed by atoms with Crippen molar-refractivity contribution in [3.05, 3.63) is 11.1 Å². The fraction of sp³-hybridized carbons (Fsp3) is 1.00. The summed E-state index contributed by atoms with van der Waals surface area (Å²) in [6.07, 6.45) is 0. The first kappa shape index (κ1) is 23.7. The zero-order chi connectivity index (χ0) is 9.44. The average Bonchev–Trinajstić information content (AvgIpc) is 1.56. The summed E-state index contributed by atoms with van der Waals surface area (Å²) in [7, 11) is 0. The van der Waals surface area contributed by atoms with Crippen LogP contribution in [0.3, 0.4) is 0 Å². The second kappa shape index (κ2) is 15.6. The van der Waals surface area contributed by atoms with Crippen LogP contribution in [0, 0.1) is 0 Å². The SMILES string of the molecule is CC(C)[N-]C(C)C.CC(C)[NH-].[Li+].[Li+]. The Labute approximate surface area is 108 Å². The molecule has 70 valence electrons. The molecule has 0 heterocycles. The van der Waals surface area contributed by atoms with Gasteiger partial charge in [0.2, 0.25) is 0 Å². The molecule has 13 heavy (non-hydrogen) atoms. The molecule has 0 aliphatic rings. The van der Waals surface area contributed by atoms with Gasteiger partial charge in [0.15, 0.2) is 0 Å². The smallest absolute Gasteiger partial charge is 0.675 e. The summed E-state index contributed by atoms with van der Waals surface area (Å²) in [6.45, 7) is 12.1. The molecule has 0 spiro atoms. The molecule has 0 bridgehead atoms. The molecular weight excluding hydrogens is 150 g/mol. The summed E-state index contributed by atoms with van der Waals surface area (Å²) in [5.41, 5.74) is 6.58. The molecular formula is C9H22Li2N2. The molecule has 4 heteroatoms. The van der Waals surface area contributed by atoms with Crippen molar-refractivity contribution in [1.29, 1.82) is 0 Å². The number of hydrogen-bond acceptors (Lipinski definition) is 0. The second-order valence-electron chi connectivity index (χ2n) is 3.49. The normalized spacial score (nSPS) is 8.77. The van der Waals surface area contributed by atoms with E-state index in [2.05, 4.69) is 33.0 Å². The van der Waals surface area contributed by atoms with E-state index in [-0.39, 0.29) is 43.8 Å². The van der Waals surface area contributed by atoms with Gasteiger partial charge in [-0.3, -0.25) is 0 Å². The zero-order valence-electron chi connectivity index (χ0n) is 10.7. The third-order valence-corrected chi connectivity index (χ3v) is 0.596. The minimum Gasteiger partial charge on any atom is -0.675 e. The van der Waals surface area contributed by atoms with Gasteiger partial charge < -0.3 is 11.1 Å². The zero-order valence-corrected chi connectivity index (χ0v) is 10.7. The van der Waals surface area contributed by atoms with E-state index in [9.17, 15) is 0 Å². The molecule has 2 nitrogen and oxygen atoms in total. The van der Waals surface area contributed by atoms with E-state index in [1.54, 1.807) is 0 Å². The Bertz CT molecular complexity index is 67.3. The van der Waals surface area contributed by atoms with E-state index in [1.165, 1.54) is 0 Å². The maximum atomic E-state index is 6.58. The summed E-state index contributed by atoms with van der Waals surface area (Å²) in [5, 5.41) is 4.28. The van der Waals surface area contributed by atoms with Crippen molar-refractivity contribution >= 4 is 0 Å². The molecule has 0 aromatic carbocycles. The van der Waals surface area contributed by atoms with Crippen molar-refractivity contribution in [3.8, 4) is 0 Å². The fourth-order valence-electron chi connectivity index (χ4n) is 0.596. The standard InChI is InChI=1S/C6H14N.C3H8N.2Li/c1-5(2)7-6(3)4;1-3(2)4;;/h5-6H,1-4H3;3-4H,1-2H3;;/q2*-1;2*+1. The van der Waals surface area contributed by atoms with Crippen LogP contribution in [-0.2, 0) is 0 Å². The van der Waals surface area contributed by atoms with Gasteiger partial charge in [-0.05, 0) is 0 Å². The van der Waals surface area contributed by atoms with Gasteiger partial charge in [0.05, 0.1) is 0 Å². The summed E-state index contributed by atoms with van der Waals surface area (Å²) in [6, 6.07) is 1.08. The summed E-state index contributed by atoms with van der Waals surface area (Å²) >= 11 is 0. The van der Waals surface area contributed by atoms with Crippen molar-refractivity contribution in [3.63, 3.8) is 0 Å². The van der Waals surface area contributed by atoms with Crippen molar-refractivity contribution in [1.82, 2.24) is 0 Å². The number of hydrogen-bond donors (Lipinski definition) is 0. The Morgan fingerprint density at radius 1 is 0.769 bits per heavy atom. The Hall–Kier alpha value is 1.11. The van der Waals surface area contributed by atoms with Crippen LogP contribution < -0.4 is 37.7 Å². The molecule has 0 unspecified atom stereocenters. The Morgan fingerprint density at radius 2 is 0.923 bits per heavy atom. The summed E-state index contributed by atoms with van der Waals surface area (Å²) in [5.74, 6) is 0. The van der Waals surface area contributed by atoms with E-state index in [1.807, 2.05) is 13.8 Å². The van der Waals surface area contributed by atoms with E-state index in [4.69, 9.17) is 5.73 Å². The average molecular weight is 172 g/mol. The molecule has 0 radical (unpaired) electrons. The second-order valence-corrected chi connectivity index (χ2v) is 3.49. The molecule has 0 rings (SSSR count). The molecule has 0 fully saturated rings. The molecule has 0 aliphatic carbocycles. The van der Waals surface area contributed by atoms with Crippen LogP contribution in [0.2, 0.25) is 0 Å². The van der Waals surface area contributed by atoms with Gasteiger partial charge in [-0.2, -0.15) is 0 Å². The molecule has 0 saturated carbocycles. The van der Waals surface area contributed by atoms with Gasteiger partial charge in [0, 0.05) is 0 Å². The van der Waals surface area contributed by atoms with Gasteiger partial charge >= 0.3 is 37.7 Å². The van der Waals surface area contributed by atoms with Crippen LogP contribution >= 0.6 is 0 Å². The minimum atomic E-state index is 0. The molecule has 0 aliphatic heterocycles. The molecule has 0 atom stereocenters. The first-order chi connectivity index (χ1) is 4.86. The van der Waals surface area contributed by atoms with Crippen LogP contribution in [-0.4, -0.2) is 18.1 Å². The predicted octanol–water partition coefficient (Wildman–Crippen LogP) is -2.37. The number of nitrogens with zero attached hydrogens (tertiary/aromatic N) is 1. The quantitative estimate of drug-likeness (QED) is 0.418. The number of rotatable bonds is 2. The molecule has 0 amide bonds. The van der Waals surface area contributed by atoms with Gasteiger partial charge in [0.1, 0.15) is 0 Å². The Balaban J connectivity index is -0.0000000600. The maximum Gasteiger partial charge on any atom is 1.00 e. The third-order valence-electron chi connectivity index (χ3n) is 0.596. The molecule has 0 saturated heterocycles. The Morgan fingerprint density at radius 3 is 0.923 bits per heavy atom. The van der Waals surface area contributed by atoms with E-state index in [0.717, 1.165) is 0 Å². The van der Waals surface area contributed by atoms with Gasteiger partial charge in [0.25, 0.3) is 0 Å². The molecule has 1 N–H and O–H groups in total. The predicted molar refractivity (Wildman–Crippen MR) is 53.1 cm³/mol. The minimum absolute atomic E-state index is 0. The summed E-state index contributed by atoms with van der Waals surface area (Å²) in [4.78, 5) is 0. The molecule has 0 aromatic heterocycles. The van der Waals surface area contributed by atoms with Crippen LogP contribution in [0.1, 0.15) is 41.5 Å². The van der Waals surface area contributed by atoms with Gasteiger partial charge in [-0.1, -0.05) is 41.5 Å². The van der Waals surface area contributed by atoms with Gasteiger partial charge in [-0.25, -0.2) is 0 Å². The fourth-order valence-corrected chi connectivity index (χ4v) is 0.596. The van der Waals surface area contributed by atoms with Crippen LogP contribution in [0.15, 0.2) is 0 Å². The first-order valence-electron chi connectivity index (χ1n) is 4.27. The first-order valence-corrected chi connectivity index (χ1v) is 4.27. The largest absolute Gasteiger partial charge is 1.00 e. The van der Waals surface area contributed by atoms with Crippen LogP contribution in [0.5, 0.6) is 0 Å². The molecule has 0 aromatic rings. The third kappa shape index (κ3) is 61.9. The van der Waals surface area contributed by atoms with Crippen LogP contribution in [0.25, 0.3) is 11.1 Å². The Kier molecular flexibility index (Phi) is 28.4.